The van der Waals surface area contributed by atoms with Crippen LogP contribution in [0.1, 0.15) is 75.1 Å². The lowest BCUT2D eigenvalue weighted by Gasteiger charge is -2.17. The van der Waals surface area contributed by atoms with Crippen molar-refractivity contribution in [3.63, 3.8) is 0 Å². The van der Waals surface area contributed by atoms with Crippen molar-refractivity contribution in [1.82, 2.24) is 15.2 Å². The number of hydrogen-bond donors (Lipinski definition) is 1. The summed E-state index contributed by atoms with van der Waals surface area (Å²) >= 11 is 0. The Bertz CT molecular complexity index is 884. The third-order valence-corrected chi connectivity index (χ3v) is 5.68. The van der Waals surface area contributed by atoms with Crippen LogP contribution in [0.4, 0.5) is 0 Å². The van der Waals surface area contributed by atoms with E-state index in [1.165, 1.54) is 0 Å². The molecule has 5 nitrogen and oxygen atoms in total. The normalized spacial score (nSPS) is 16.6. The highest BCUT2D eigenvalue weighted by Gasteiger charge is 2.27. The smallest absolute Gasteiger partial charge is 0.255 e. The molecular formula is C30H41N3O2. The molecule has 35 heavy (non-hydrogen) atoms. The molecule has 1 aromatic rings. The van der Waals surface area contributed by atoms with Gasteiger partial charge in [0, 0.05) is 37.9 Å². The number of hydrogen-bond acceptors (Lipinski definition) is 3. The molecule has 0 saturated carbocycles. The minimum Gasteiger partial charge on any atom is -0.352 e. The molecule has 0 aliphatic carbocycles. The number of carbonyl (C=O) groups is 2. The highest BCUT2D eigenvalue weighted by Crippen LogP contribution is 2.13. The number of unbranched alkanes of at least 4 members (excludes halogenated alkanes) is 1. The van der Waals surface area contributed by atoms with Crippen LogP contribution in [0, 0.1) is 0 Å². The molecule has 188 valence electrons. The zero-order valence-electron chi connectivity index (χ0n) is 21.1. The van der Waals surface area contributed by atoms with Gasteiger partial charge in [-0.15, -0.1) is 0 Å². The Morgan fingerprint density at radius 2 is 1.60 bits per heavy atom. The molecule has 0 bridgehead atoms. The molecule has 0 aromatic carbocycles. The number of likely N-dealkylation sites (tertiary alicyclic amines) is 1. The van der Waals surface area contributed by atoms with E-state index in [9.17, 15) is 9.59 Å². The molecular weight excluding hydrogens is 434 g/mol. The number of amides is 2. The Hall–Kier alpha value is -3.21. The largest absolute Gasteiger partial charge is 0.352 e. The van der Waals surface area contributed by atoms with Crippen molar-refractivity contribution in [3.8, 4) is 0 Å². The molecule has 1 aliphatic heterocycles. The van der Waals surface area contributed by atoms with E-state index in [1.807, 2.05) is 0 Å². The minimum absolute atomic E-state index is 0.0201. The molecule has 1 saturated heterocycles. The number of pyridine rings is 1. The summed E-state index contributed by atoms with van der Waals surface area (Å²) < 4.78 is 0. The van der Waals surface area contributed by atoms with E-state index in [0.29, 0.717) is 25.1 Å². The van der Waals surface area contributed by atoms with Crippen LogP contribution in [0.15, 0.2) is 85.3 Å². The monoisotopic (exact) mass is 475 g/mol. The van der Waals surface area contributed by atoms with Crippen molar-refractivity contribution in [2.75, 3.05) is 13.1 Å². The second-order valence-electron chi connectivity index (χ2n) is 8.65. The number of nitrogens with one attached hydrogen (secondary N) is 1. The fourth-order valence-corrected chi connectivity index (χ4v) is 3.78. The molecule has 1 aliphatic rings. The molecule has 2 heterocycles. The van der Waals surface area contributed by atoms with Gasteiger partial charge in [-0.05, 0) is 63.5 Å². The first-order valence-corrected chi connectivity index (χ1v) is 12.9. The summed E-state index contributed by atoms with van der Waals surface area (Å²) in [6.45, 7) is 3.38. The number of aromatic nitrogens is 1. The summed E-state index contributed by atoms with van der Waals surface area (Å²) in [6.07, 6.45) is 33.2. The Kier molecular flexibility index (Phi) is 14.5. The molecule has 0 radical (unpaired) electrons. The van der Waals surface area contributed by atoms with Gasteiger partial charge in [-0.2, -0.15) is 0 Å². The van der Waals surface area contributed by atoms with E-state index in [4.69, 9.17) is 0 Å². The Morgan fingerprint density at radius 3 is 2.20 bits per heavy atom. The van der Waals surface area contributed by atoms with Gasteiger partial charge in [0.15, 0.2) is 0 Å². The number of carbonyl (C=O) groups excluding carboxylic acids is 2. The predicted molar refractivity (Wildman–Crippen MR) is 145 cm³/mol. The van der Waals surface area contributed by atoms with Crippen LogP contribution in [0.2, 0.25) is 0 Å². The van der Waals surface area contributed by atoms with Crippen LogP contribution in [-0.4, -0.2) is 40.8 Å². The molecule has 0 spiro atoms. The summed E-state index contributed by atoms with van der Waals surface area (Å²) in [6, 6.07) is 3.58. The summed E-state index contributed by atoms with van der Waals surface area (Å²) in [5.41, 5.74) is 0.594. The lowest BCUT2D eigenvalue weighted by molar-refractivity contribution is -0.121. The second-order valence-corrected chi connectivity index (χ2v) is 8.65. The third-order valence-electron chi connectivity index (χ3n) is 5.68. The fraction of sp³-hybridized carbons (Fsp3) is 0.433. The third kappa shape index (κ3) is 12.7. The molecule has 1 atom stereocenters. The van der Waals surface area contributed by atoms with Crippen molar-refractivity contribution >= 4 is 11.8 Å². The lowest BCUT2D eigenvalue weighted by atomic mass is 10.2. The maximum atomic E-state index is 12.5. The van der Waals surface area contributed by atoms with Gasteiger partial charge in [0.1, 0.15) is 0 Å². The van der Waals surface area contributed by atoms with Gasteiger partial charge in [0.05, 0.1) is 5.56 Å². The molecule has 2 amide bonds. The standard InChI is InChI=1S/C30H41N3O2/c1-2-3-4-5-6-7-8-9-10-11-12-13-14-15-16-17-18-21-29(34)32-28-22-24-33(26-28)30(35)27-20-19-23-31-25-27/h3-4,6-7,9-10,12-13,15-16,19-20,23,25,28H,2,5,8,11,14,17-18,21-22,24,26H2,1H3,(H,32,34)/t28-/m0/s1. The highest BCUT2D eigenvalue weighted by molar-refractivity contribution is 5.94. The zero-order chi connectivity index (χ0) is 25.0. The second kappa shape index (κ2) is 18.2. The van der Waals surface area contributed by atoms with Gasteiger partial charge < -0.3 is 10.2 Å². The number of rotatable bonds is 15. The minimum atomic E-state index is -0.0201. The Labute approximate surface area is 211 Å². The van der Waals surface area contributed by atoms with E-state index in [-0.39, 0.29) is 17.9 Å². The number of allylic oxidation sites excluding steroid dienone is 10. The highest BCUT2D eigenvalue weighted by atomic mass is 16.2. The van der Waals surface area contributed by atoms with Crippen molar-refractivity contribution in [2.45, 2.75) is 70.8 Å². The number of nitrogens with zero attached hydrogens (tertiary/aromatic N) is 2. The predicted octanol–water partition coefficient (Wildman–Crippen LogP) is 6.33. The average molecular weight is 476 g/mol. The maximum absolute atomic E-state index is 12.5. The topological polar surface area (TPSA) is 62.3 Å². The van der Waals surface area contributed by atoms with Gasteiger partial charge in [-0.25, -0.2) is 0 Å². The van der Waals surface area contributed by atoms with Crippen LogP contribution < -0.4 is 5.32 Å². The van der Waals surface area contributed by atoms with Crippen LogP contribution in [0.25, 0.3) is 0 Å². The molecule has 2 rings (SSSR count). The molecule has 1 aromatic heterocycles. The van der Waals surface area contributed by atoms with Crippen LogP contribution in [-0.2, 0) is 4.79 Å². The van der Waals surface area contributed by atoms with Crippen molar-refractivity contribution < 1.29 is 9.59 Å². The van der Waals surface area contributed by atoms with Crippen molar-refractivity contribution in [3.05, 3.63) is 90.9 Å². The van der Waals surface area contributed by atoms with Crippen LogP contribution in [0.3, 0.4) is 0 Å². The van der Waals surface area contributed by atoms with Gasteiger partial charge in [0.25, 0.3) is 5.91 Å². The van der Waals surface area contributed by atoms with E-state index in [2.05, 4.69) is 78.0 Å². The summed E-state index contributed by atoms with van der Waals surface area (Å²) in [5.74, 6) is 0.0475. The molecule has 1 N–H and O–H groups in total. The van der Waals surface area contributed by atoms with Gasteiger partial charge in [-0.3, -0.25) is 14.6 Å². The van der Waals surface area contributed by atoms with E-state index in [1.54, 1.807) is 29.4 Å². The fourth-order valence-electron chi connectivity index (χ4n) is 3.78. The van der Waals surface area contributed by atoms with Gasteiger partial charge in [0.2, 0.25) is 5.91 Å². The molecule has 1 fully saturated rings. The Morgan fingerprint density at radius 1 is 0.971 bits per heavy atom. The van der Waals surface area contributed by atoms with Crippen LogP contribution >= 0.6 is 0 Å². The van der Waals surface area contributed by atoms with Crippen molar-refractivity contribution in [1.29, 1.82) is 0 Å². The van der Waals surface area contributed by atoms with Crippen molar-refractivity contribution in [2.24, 2.45) is 0 Å². The van der Waals surface area contributed by atoms with E-state index >= 15 is 0 Å². The zero-order valence-corrected chi connectivity index (χ0v) is 21.1. The summed E-state index contributed by atoms with van der Waals surface area (Å²) in [7, 11) is 0. The quantitative estimate of drug-likeness (QED) is 0.238. The first-order valence-electron chi connectivity index (χ1n) is 12.9. The SMILES string of the molecule is CCC=CCC=CCC=CCC=CCC=CCCCC(=O)N[C@H]1CCN(C(=O)c2cccnc2)C1. The summed E-state index contributed by atoms with van der Waals surface area (Å²) in [5, 5.41) is 3.07. The van der Waals surface area contributed by atoms with E-state index in [0.717, 1.165) is 51.4 Å². The first-order chi connectivity index (χ1) is 17.2. The van der Waals surface area contributed by atoms with E-state index < -0.39 is 0 Å². The summed E-state index contributed by atoms with van der Waals surface area (Å²) in [4.78, 5) is 30.5. The van der Waals surface area contributed by atoms with Gasteiger partial charge >= 0.3 is 0 Å². The molecule has 5 heteroatoms. The van der Waals surface area contributed by atoms with Gasteiger partial charge in [-0.1, -0.05) is 67.7 Å². The van der Waals surface area contributed by atoms with Crippen LogP contribution in [0.5, 0.6) is 0 Å². The first kappa shape index (κ1) is 28.0. The maximum Gasteiger partial charge on any atom is 0.255 e. The average Bonchev–Trinajstić information content (AvgIpc) is 3.34. The molecule has 0 unspecified atom stereocenters. The lowest BCUT2D eigenvalue weighted by Crippen LogP contribution is -2.38. The Balaban J connectivity index is 1.47.